The zero-order valence-electron chi connectivity index (χ0n) is 19.6. The van der Waals surface area contributed by atoms with Gasteiger partial charge in [-0.2, -0.15) is 0 Å². The Kier molecular flexibility index (Phi) is 7.51. The highest BCUT2D eigenvalue weighted by Gasteiger charge is 2.24. The lowest BCUT2D eigenvalue weighted by Gasteiger charge is -2.25. The molecular formula is C27H33N5OS. The number of imidazole rings is 1. The van der Waals surface area contributed by atoms with Crippen molar-refractivity contribution in [2.24, 2.45) is 5.92 Å². The molecule has 1 saturated carbocycles. The van der Waals surface area contributed by atoms with E-state index >= 15 is 0 Å². The number of nitrogens with zero attached hydrogens (tertiary/aromatic N) is 3. The molecule has 2 aliphatic rings. The SMILES string of the molecule is O=C(Nc1ccc2c(c1)N(Cc1c[nH]cn1)CCN(CCc1ccccc1)S2)C1CCCCC1. The van der Waals surface area contributed by atoms with E-state index < -0.39 is 0 Å². The van der Waals surface area contributed by atoms with Crippen LogP contribution in [0.5, 0.6) is 0 Å². The average molecular weight is 476 g/mol. The van der Waals surface area contributed by atoms with Gasteiger partial charge in [0.15, 0.2) is 0 Å². The zero-order chi connectivity index (χ0) is 23.2. The number of rotatable bonds is 7. The van der Waals surface area contributed by atoms with Gasteiger partial charge in [0.2, 0.25) is 5.91 Å². The van der Waals surface area contributed by atoms with Crippen molar-refractivity contribution in [2.75, 3.05) is 29.9 Å². The maximum atomic E-state index is 12.9. The number of hydrogen-bond acceptors (Lipinski definition) is 5. The van der Waals surface area contributed by atoms with Crippen LogP contribution in [0.4, 0.5) is 11.4 Å². The largest absolute Gasteiger partial charge is 0.363 e. The van der Waals surface area contributed by atoms with Crippen LogP contribution in [-0.4, -0.2) is 39.8 Å². The van der Waals surface area contributed by atoms with Crippen LogP contribution in [0.1, 0.15) is 43.4 Å². The van der Waals surface area contributed by atoms with E-state index in [2.05, 4.69) is 73.0 Å². The molecule has 2 aromatic carbocycles. The molecule has 0 saturated heterocycles. The van der Waals surface area contributed by atoms with Crippen LogP contribution in [-0.2, 0) is 17.8 Å². The van der Waals surface area contributed by atoms with Gasteiger partial charge in [0.25, 0.3) is 0 Å². The fraction of sp³-hybridized carbons (Fsp3) is 0.407. The fourth-order valence-corrected chi connectivity index (χ4v) is 5.90. The van der Waals surface area contributed by atoms with Gasteiger partial charge < -0.3 is 15.2 Å². The molecular weight excluding hydrogens is 442 g/mol. The van der Waals surface area contributed by atoms with Gasteiger partial charge in [0.1, 0.15) is 0 Å². The highest BCUT2D eigenvalue weighted by atomic mass is 32.2. The molecule has 1 fully saturated rings. The van der Waals surface area contributed by atoms with Crippen LogP contribution in [0, 0.1) is 5.92 Å². The number of aromatic amines is 1. The van der Waals surface area contributed by atoms with Gasteiger partial charge in [-0.1, -0.05) is 49.6 Å². The summed E-state index contributed by atoms with van der Waals surface area (Å²) < 4.78 is 2.46. The van der Waals surface area contributed by atoms with Crippen molar-refractivity contribution in [3.63, 3.8) is 0 Å². The molecule has 2 N–H and O–H groups in total. The Morgan fingerprint density at radius 1 is 1.09 bits per heavy atom. The van der Waals surface area contributed by atoms with Crippen LogP contribution in [0.2, 0.25) is 0 Å². The molecule has 7 heteroatoms. The van der Waals surface area contributed by atoms with Crippen molar-refractivity contribution >= 4 is 29.2 Å². The van der Waals surface area contributed by atoms with Crippen LogP contribution >= 0.6 is 11.9 Å². The Labute approximate surface area is 206 Å². The summed E-state index contributed by atoms with van der Waals surface area (Å²) in [6.45, 7) is 3.59. The molecule has 3 aromatic rings. The van der Waals surface area contributed by atoms with Crippen LogP contribution in [0.15, 0.2) is 66.0 Å². The molecule has 0 spiro atoms. The monoisotopic (exact) mass is 475 g/mol. The summed E-state index contributed by atoms with van der Waals surface area (Å²) >= 11 is 1.82. The third-order valence-electron chi connectivity index (χ3n) is 6.79. The summed E-state index contributed by atoms with van der Waals surface area (Å²) in [4.78, 5) is 24.0. The minimum Gasteiger partial charge on any atom is -0.363 e. The number of carbonyl (C=O) groups is 1. The Morgan fingerprint density at radius 3 is 2.74 bits per heavy atom. The second-order valence-electron chi connectivity index (χ2n) is 9.24. The van der Waals surface area contributed by atoms with Gasteiger partial charge in [-0.3, -0.25) is 4.79 Å². The first-order chi connectivity index (χ1) is 16.7. The first-order valence-corrected chi connectivity index (χ1v) is 13.2. The summed E-state index contributed by atoms with van der Waals surface area (Å²) in [5, 5.41) is 3.21. The Morgan fingerprint density at radius 2 is 1.94 bits per heavy atom. The maximum absolute atomic E-state index is 12.9. The van der Waals surface area contributed by atoms with E-state index in [1.807, 2.05) is 18.1 Å². The molecule has 5 rings (SSSR count). The summed E-state index contributed by atoms with van der Waals surface area (Å²) in [6, 6.07) is 17.0. The molecule has 0 radical (unpaired) electrons. The van der Waals surface area contributed by atoms with Crippen molar-refractivity contribution < 1.29 is 4.79 Å². The topological polar surface area (TPSA) is 64.3 Å². The Balaban J connectivity index is 1.33. The lowest BCUT2D eigenvalue weighted by Crippen LogP contribution is -2.30. The van der Waals surface area contributed by atoms with Crippen molar-refractivity contribution in [1.29, 1.82) is 0 Å². The Bertz CT molecular complexity index is 1070. The molecule has 0 bridgehead atoms. The molecule has 1 amide bonds. The van der Waals surface area contributed by atoms with Crippen LogP contribution < -0.4 is 10.2 Å². The summed E-state index contributed by atoms with van der Waals surface area (Å²) in [7, 11) is 0. The van der Waals surface area contributed by atoms with Gasteiger partial charge in [-0.25, -0.2) is 9.29 Å². The fourth-order valence-electron chi connectivity index (χ4n) is 4.86. The maximum Gasteiger partial charge on any atom is 0.227 e. The van der Waals surface area contributed by atoms with Crippen molar-refractivity contribution in [2.45, 2.75) is 50.0 Å². The second-order valence-corrected chi connectivity index (χ2v) is 10.4. The highest BCUT2D eigenvalue weighted by molar-refractivity contribution is 7.97. The van der Waals surface area contributed by atoms with Crippen molar-refractivity contribution in [3.05, 3.63) is 72.3 Å². The Hall–Kier alpha value is -2.77. The van der Waals surface area contributed by atoms with Gasteiger partial charge in [0, 0.05) is 42.3 Å². The van der Waals surface area contributed by atoms with Crippen LogP contribution in [0.3, 0.4) is 0 Å². The van der Waals surface area contributed by atoms with E-state index in [1.165, 1.54) is 16.9 Å². The summed E-state index contributed by atoms with van der Waals surface area (Å²) in [6.07, 6.45) is 10.3. The number of carbonyl (C=O) groups excluding carboxylic acids is 1. The molecule has 1 aliphatic carbocycles. The first kappa shape index (κ1) is 23.0. The highest BCUT2D eigenvalue weighted by Crippen LogP contribution is 2.38. The molecule has 2 heterocycles. The third kappa shape index (κ3) is 5.83. The molecule has 0 atom stereocenters. The zero-order valence-corrected chi connectivity index (χ0v) is 20.4. The normalized spacial score (nSPS) is 17.2. The van der Waals surface area contributed by atoms with E-state index in [4.69, 9.17) is 0 Å². The van der Waals surface area contributed by atoms with Gasteiger partial charge in [-0.05, 0) is 55.0 Å². The first-order valence-electron chi connectivity index (χ1n) is 12.4. The minimum absolute atomic E-state index is 0.149. The summed E-state index contributed by atoms with van der Waals surface area (Å²) in [5.74, 6) is 0.319. The van der Waals surface area contributed by atoms with E-state index in [1.54, 1.807) is 6.33 Å². The lowest BCUT2D eigenvalue weighted by atomic mass is 9.88. The van der Waals surface area contributed by atoms with E-state index in [9.17, 15) is 4.79 Å². The second kappa shape index (κ2) is 11.1. The number of H-pyrrole nitrogens is 1. The number of aromatic nitrogens is 2. The van der Waals surface area contributed by atoms with Crippen molar-refractivity contribution in [1.82, 2.24) is 14.3 Å². The van der Waals surface area contributed by atoms with Crippen molar-refractivity contribution in [3.8, 4) is 0 Å². The number of nitrogens with one attached hydrogen (secondary N) is 2. The minimum atomic E-state index is 0.149. The standard InChI is InChI=1S/C27H33N5OS/c33-27(22-9-5-2-6-10-22)30-23-11-12-26-25(17-23)31(19-24-18-28-20-29-24)15-16-32(34-26)14-13-21-7-3-1-4-8-21/h1,3-4,7-8,11-12,17-18,20,22H,2,5-6,9-10,13-16,19H2,(H,28,29)(H,30,33). The number of anilines is 2. The number of fused-ring (bicyclic) bond motifs is 1. The van der Waals surface area contributed by atoms with E-state index in [0.29, 0.717) is 0 Å². The molecule has 1 aromatic heterocycles. The average Bonchev–Trinajstić information content (AvgIpc) is 3.33. The number of benzene rings is 2. The summed E-state index contributed by atoms with van der Waals surface area (Å²) in [5.41, 5.74) is 4.43. The predicted octanol–water partition coefficient (Wildman–Crippen LogP) is 5.50. The lowest BCUT2D eigenvalue weighted by molar-refractivity contribution is -0.120. The molecule has 1 aliphatic heterocycles. The third-order valence-corrected chi connectivity index (χ3v) is 7.96. The molecule has 34 heavy (non-hydrogen) atoms. The number of hydrogen-bond donors (Lipinski definition) is 2. The van der Waals surface area contributed by atoms with E-state index in [-0.39, 0.29) is 11.8 Å². The van der Waals surface area contributed by atoms with Crippen LogP contribution in [0.25, 0.3) is 0 Å². The van der Waals surface area contributed by atoms with Gasteiger partial charge in [-0.15, -0.1) is 0 Å². The van der Waals surface area contributed by atoms with Gasteiger partial charge in [0.05, 0.1) is 24.3 Å². The molecule has 6 nitrogen and oxygen atoms in total. The van der Waals surface area contributed by atoms with E-state index in [0.717, 1.165) is 75.4 Å². The smallest absolute Gasteiger partial charge is 0.227 e. The van der Waals surface area contributed by atoms with Gasteiger partial charge >= 0.3 is 0 Å². The number of amides is 1. The quantitative estimate of drug-likeness (QED) is 0.442. The molecule has 178 valence electrons. The predicted molar refractivity (Wildman–Crippen MR) is 139 cm³/mol. The molecule has 0 unspecified atom stereocenters.